The Bertz CT molecular complexity index is 193. The van der Waals surface area contributed by atoms with Crippen LogP contribution >= 0.6 is 0 Å². The second-order valence-electron chi connectivity index (χ2n) is 7.36. The fourth-order valence-corrected chi connectivity index (χ4v) is 22.7. The van der Waals surface area contributed by atoms with Gasteiger partial charge < -0.3 is 0 Å². The molecular weight excluding hydrogens is 347 g/mol. The fraction of sp³-hybridized carbons (Fsp3) is 1.00. The molecule has 0 bridgehead atoms. The summed E-state index contributed by atoms with van der Waals surface area (Å²) in [7, 11) is 0. The number of hydrogen-bond acceptors (Lipinski definition) is 0. The summed E-state index contributed by atoms with van der Waals surface area (Å²) < 4.78 is 6.55. The first-order valence-electron chi connectivity index (χ1n) is 9.79. The van der Waals surface area contributed by atoms with Crippen LogP contribution in [0, 0.1) is 0 Å². The Morgan fingerprint density at radius 2 is 1.05 bits per heavy atom. The zero-order valence-electron chi connectivity index (χ0n) is 14.7. The third-order valence-electron chi connectivity index (χ3n) is 5.81. The normalized spacial score (nSPS) is 16.4. The van der Waals surface area contributed by atoms with Crippen LogP contribution in [0.3, 0.4) is 0 Å². The van der Waals surface area contributed by atoms with Crippen molar-refractivity contribution in [3.8, 4) is 0 Å². The minimum absolute atomic E-state index is 1.30. The van der Waals surface area contributed by atoms with E-state index in [2.05, 4.69) is 20.8 Å². The molecule has 0 spiro atoms. The molecule has 0 aliphatic heterocycles. The van der Waals surface area contributed by atoms with Gasteiger partial charge in [-0.15, -0.1) is 0 Å². The third kappa shape index (κ3) is 6.28. The van der Waals surface area contributed by atoms with Crippen molar-refractivity contribution in [3.63, 3.8) is 0 Å². The van der Waals surface area contributed by atoms with Gasteiger partial charge in [0, 0.05) is 0 Å². The molecule has 0 aromatic rings. The van der Waals surface area contributed by atoms with Crippen LogP contribution in [0.2, 0.25) is 17.2 Å². The molecule has 0 amide bonds. The van der Waals surface area contributed by atoms with Crippen LogP contribution in [0.1, 0.15) is 97.8 Å². The van der Waals surface area contributed by atoms with Gasteiger partial charge in [-0.1, -0.05) is 0 Å². The zero-order valence-corrected chi connectivity index (χ0v) is 17.5. The average Bonchev–Trinajstić information content (AvgIpc) is 2.37. The number of unbranched alkanes of at least 4 members (excludes halogenated alkanes) is 6. The molecule has 0 heterocycles. The maximum absolute atomic E-state index is 2.37. The Balaban J connectivity index is 2.57. The molecule has 20 heavy (non-hydrogen) atoms. The Morgan fingerprint density at radius 3 is 1.30 bits per heavy atom. The maximum atomic E-state index is 2.37. The van der Waals surface area contributed by atoms with E-state index in [0.717, 1.165) is 0 Å². The summed E-state index contributed by atoms with van der Waals surface area (Å²) >= 11 is -1.78. The molecule has 0 aromatic heterocycles. The average molecular weight is 387 g/mol. The van der Waals surface area contributed by atoms with Gasteiger partial charge in [0.05, 0.1) is 0 Å². The van der Waals surface area contributed by atoms with Gasteiger partial charge in [-0.3, -0.25) is 0 Å². The summed E-state index contributed by atoms with van der Waals surface area (Å²) in [4.78, 5) is 0. The summed E-state index contributed by atoms with van der Waals surface area (Å²) in [5.74, 6) is 0. The van der Waals surface area contributed by atoms with Crippen molar-refractivity contribution in [3.05, 3.63) is 0 Å². The molecule has 0 nitrogen and oxygen atoms in total. The second kappa shape index (κ2) is 11.4. The van der Waals surface area contributed by atoms with Gasteiger partial charge in [-0.25, -0.2) is 0 Å². The molecule has 0 saturated heterocycles. The molecule has 1 heteroatoms. The monoisotopic (exact) mass is 388 g/mol. The van der Waals surface area contributed by atoms with Crippen LogP contribution in [-0.2, 0) is 0 Å². The minimum atomic E-state index is -1.78. The van der Waals surface area contributed by atoms with Gasteiger partial charge in [0.15, 0.2) is 0 Å². The topological polar surface area (TPSA) is 0 Å². The molecule has 1 aliphatic carbocycles. The van der Waals surface area contributed by atoms with Crippen LogP contribution in [0.4, 0.5) is 0 Å². The van der Waals surface area contributed by atoms with Crippen molar-refractivity contribution >= 4 is 18.4 Å². The van der Waals surface area contributed by atoms with Gasteiger partial charge >= 0.3 is 133 Å². The van der Waals surface area contributed by atoms with Gasteiger partial charge in [0.25, 0.3) is 0 Å². The van der Waals surface area contributed by atoms with E-state index in [9.17, 15) is 0 Å². The molecular formula is C19H40Sn. The first-order chi connectivity index (χ1) is 9.79. The van der Waals surface area contributed by atoms with Crippen molar-refractivity contribution < 1.29 is 0 Å². The first-order valence-corrected chi connectivity index (χ1v) is 17.5. The quantitative estimate of drug-likeness (QED) is 0.226. The summed E-state index contributed by atoms with van der Waals surface area (Å²) in [6.07, 6.45) is 18.4. The molecule has 1 aliphatic rings. The van der Waals surface area contributed by atoms with E-state index >= 15 is 0 Å². The van der Waals surface area contributed by atoms with Crippen LogP contribution in [0.25, 0.3) is 0 Å². The Labute approximate surface area is 133 Å². The van der Waals surface area contributed by atoms with Crippen molar-refractivity contribution in [2.45, 2.75) is 115 Å². The van der Waals surface area contributed by atoms with Gasteiger partial charge in [-0.2, -0.15) is 0 Å². The molecule has 0 N–H and O–H groups in total. The molecule has 120 valence electrons. The first kappa shape index (κ1) is 18.8. The molecule has 0 aromatic carbocycles. The Morgan fingerprint density at radius 1 is 0.650 bits per heavy atom. The molecule has 1 rings (SSSR count). The number of hydrogen-bond donors (Lipinski definition) is 0. The SMILES string of the molecule is CCCC[CH2][Sn]([CH2]CCCC)([CH2]CCCC)[CH]1CCC1. The van der Waals surface area contributed by atoms with E-state index in [1.165, 1.54) is 42.5 Å². The van der Waals surface area contributed by atoms with Crippen molar-refractivity contribution in [2.24, 2.45) is 0 Å². The van der Waals surface area contributed by atoms with E-state index in [1.54, 1.807) is 51.8 Å². The van der Waals surface area contributed by atoms with Crippen molar-refractivity contribution in [2.75, 3.05) is 0 Å². The predicted octanol–water partition coefficient (Wildman–Crippen LogP) is 7.56. The standard InChI is InChI=1S/3C5H11.C4H7.Sn/c3*1-3-5-4-2;1-2-4-3-1;/h3*1,3-5H2,2H3;1H,2-4H2;. The van der Waals surface area contributed by atoms with Crippen LogP contribution < -0.4 is 0 Å². The second-order valence-corrected chi connectivity index (χ2v) is 21.7. The Kier molecular flexibility index (Phi) is 10.7. The van der Waals surface area contributed by atoms with Crippen molar-refractivity contribution in [1.29, 1.82) is 0 Å². The molecule has 0 radical (unpaired) electrons. The van der Waals surface area contributed by atoms with E-state index < -0.39 is 18.4 Å². The van der Waals surface area contributed by atoms with Gasteiger partial charge in [0.2, 0.25) is 0 Å². The van der Waals surface area contributed by atoms with E-state index in [0.29, 0.717) is 0 Å². The predicted molar refractivity (Wildman–Crippen MR) is 96.4 cm³/mol. The summed E-state index contributed by atoms with van der Waals surface area (Å²) in [5.41, 5.74) is 0. The fourth-order valence-electron chi connectivity index (χ4n) is 4.19. The third-order valence-corrected chi connectivity index (χ3v) is 24.0. The van der Waals surface area contributed by atoms with Crippen LogP contribution in [0.15, 0.2) is 0 Å². The number of rotatable bonds is 13. The summed E-state index contributed by atoms with van der Waals surface area (Å²) in [5, 5.41) is 0. The Hall–Kier alpha value is 0.799. The summed E-state index contributed by atoms with van der Waals surface area (Å²) in [6, 6.07) is 0. The van der Waals surface area contributed by atoms with E-state index in [-0.39, 0.29) is 0 Å². The van der Waals surface area contributed by atoms with Crippen LogP contribution in [0.5, 0.6) is 0 Å². The van der Waals surface area contributed by atoms with Gasteiger partial charge in [0.1, 0.15) is 0 Å². The molecule has 1 saturated carbocycles. The molecule has 0 unspecified atom stereocenters. The van der Waals surface area contributed by atoms with Crippen molar-refractivity contribution in [1.82, 2.24) is 0 Å². The van der Waals surface area contributed by atoms with E-state index in [1.807, 2.05) is 0 Å². The van der Waals surface area contributed by atoms with E-state index in [4.69, 9.17) is 0 Å². The molecule has 0 atom stereocenters. The van der Waals surface area contributed by atoms with Gasteiger partial charge in [-0.05, 0) is 0 Å². The summed E-state index contributed by atoms with van der Waals surface area (Å²) in [6.45, 7) is 7.11. The van der Waals surface area contributed by atoms with Crippen LogP contribution in [-0.4, -0.2) is 18.4 Å². The molecule has 1 fully saturated rings. The zero-order chi connectivity index (χ0) is 14.7.